The van der Waals surface area contributed by atoms with E-state index in [1.165, 1.54) is 109 Å². The Hall–Kier alpha value is -3.33. The average Bonchev–Trinajstić information content (AvgIpc) is 3.44. The Balaban J connectivity index is 5.19. The molecule has 0 saturated heterocycles. The molecule has 3 atom stereocenters. The van der Waals surface area contributed by atoms with Crippen molar-refractivity contribution in [2.45, 2.75) is 296 Å². The minimum atomic E-state index is -4.71. The van der Waals surface area contributed by atoms with Gasteiger partial charge in [-0.15, -0.1) is 0 Å². The van der Waals surface area contributed by atoms with Crippen molar-refractivity contribution in [1.82, 2.24) is 5.32 Å². The topological polar surface area (TPSA) is 114 Å². The maximum atomic E-state index is 13.6. The second-order valence-corrected chi connectivity index (χ2v) is 25.0. The molecular formula is C72H127N2O7P. The van der Waals surface area contributed by atoms with Gasteiger partial charge in [0.15, 0.2) is 0 Å². The Morgan fingerprint density at radius 1 is 0.439 bits per heavy atom. The molecule has 3 unspecified atom stereocenters. The summed E-state index contributed by atoms with van der Waals surface area (Å²) in [6.07, 6.45) is 83.4. The fraction of sp³-hybridized carbons (Fsp3) is 0.722. The van der Waals surface area contributed by atoms with Crippen molar-refractivity contribution in [3.63, 3.8) is 0 Å². The van der Waals surface area contributed by atoms with Gasteiger partial charge in [-0.3, -0.25) is 14.2 Å². The summed E-state index contributed by atoms with van der Waals surface area (Å²) >= 11 is 0. The van der Waals surface area contributed by atoms with Crippen LogP contribution < -0.4 is 10.2 Å². The summed E-state index contributed by atoms with van der Waals surface area (Å²) in [5.74, 6) is -0.564. The molecule has 0 spiro atoms. The van der Waals surface area contributed by atoms with Crippen LogP contribution in [-0.2, 0) is 27.9 Å². The Morgan fingerprint density at radius 3 is 1.20 bits per heavy atom. The first-order valence-corrected chi connectivity index (χ1v) is 35.2. The first kappa shape index (κ1) is 78.7. The minimum absolute atomic E-state index is 0.0312. The number of hydrogen-bond acceptors (Lipinski definition) is 7. The van der Waals surface area contributed by atoms with Gasteiger partial charge < -0.3 is 28.5 Å². The summed E-state index contributed by atoms with van der Waals surface area (Å²) in [6.45, 7) is 6.69. The van der Waals surface area contributed by atoms with E-state index in [0.717, 1.165) is 141 Å². The molecule has 0 rings (SSSR count). The third-order valence-corrected chi connectivity index (χ3v) is 15.4. The molecule has 82 heavy (non-hydrogen) atoms. The summed E-state index contributed by atoms with van der Waals surface area (Å²) in [4.78, 5) is 40.1. The number of phosphoric acid groups is 1. The van der Waals surface area contributed by atoms with E-state index in [1.807, 2.05) is 33.3 Å². The van der Waals surface area contributed by atoms with E-state index >= 15 is 0 Å². The average molecular weight is 1160 g/mol. The number of hydrogen-bond donors (Lipinski definition) is 1. The van der Waals surface area contributed by atoms with E-state index in [2.05, 4.69) is 123 Å². The standard InChI is InChI=1S/C72H127N2O7P/c1-7-10-13-16-19-22-25-28-30-32-34-35-36-37-38-39-41-42-44-46-49-52-55-58-61-64-71(75)73-69(68-80-82(77,78)79-67-66-74(4,5)6)70(63-60-57-54-51-48-27-24-21-18-15-12-9-3)81-72(76)65-62-59-56-53-50-47-45-43-40-33-31-29-26-23-20-17-14-11-8-2/h10,13,19-20,22-23,28-31,34-35,37-38,41-42,60,63,69-70H,7-9,11-12,14-18,21,24-27,32-33,36,39-40,43-59,61-62,64-68H2,1-6H3,(H-,73,75,77,78)/b13-10-,22-19-,23-20-,30-28-,31-29-,35-34-,38-37-,42-41-,63-60-. The molecule has 0 aliphatic rings. The monoisotopic (exact) mass is 1160 g/mol. The van der Waals surface area contributed by atoms with E-state index in [1.54, 1.807) is 0 Å². The number of likely N-dealkylation sites (N-methyl/N-ethyl adjacent to an activating group) is 1. The van der Waals surface area contributed by atoms with Crippen LogP contribution in [0.25, 0.3) is 0 Å². The molecule has 0 heterocycles. The zero-order chi connectivity index (χ0) is 60.0. The number of phosphoric ester groups is 1. The van der Waals surface area contributed by atoms with Crippen LogP contribution in [0, 0.1) is 0 Å². The number of rotatable bonds is 60. The van der Waals surface area contributed by atoms with Crippen molar-refractivity contribution >= 4 is 19.7 Å². The molecular weight excluding hydrogens is 1040 g/mol. The fourth-order valence-electron chi connectivity index (χ4n) is 9.26. The van der Waals surface area contributed by atoms with E-state index < -0.39 is 26.6 Å². The first-order chi connectivity index (χ1) is 39.9. The van der Waals surface area contributed by atoms with Crippen LogP contribution in [0.4, 0.5) is 0 Å². The number of allylic oxidation sites excluding steroid dienone is 17. The van der Waals surface area contributed by atoms with Gasteiger partial charge in [0.25, 0.3) is 7.82 Å². The number of carbonyl (C=O) groups is 2. The highest BCUT2D eigenvalue weighted by atomic mass is 31.2. The van der Waals surface area contributed by atoms with Crippen LogP contribution >= 0.6 is 7.82 Å². The largest absolute Gasteiger partial charge is 0.756 e. The minimum Gasteiger partial charge on any atom is -0.756 e. The molecule has 1 amide bonds. The molecule has 1 N–H and O–H groups in total. The third-order valence-electron chi connectivity index (χ3n) is 14.4. The molecule has 10 heteroatoms. The lowest BCUT2D eigenvalue weighted by atomic mass is 10.0. The summed E-state index contributed by atoms with van der Waals surface area (Å²) in [6, 6.07) is -0.906. The van der Waals surface area contributed by atoms with Crippen LogP contribution in [0.1, 0.15) is 284 Å². The Kier molecular flexibility index (Phi) is 58.3. The predicted octanol–water partition coefficient (Wildman–Crippen LogP) is 20.7. The number of amides is 1. The molecule has 0 saturated carbocycles. The molecule has 9 nitrogen and oxygen atoms in total. The SMILES string of the molecule is CC/C=C\C/C=C\C/C=C\C/C=C\C/C=C\C/C=C\CCCCCCCCC(=O)NC(COP(=O)([O-])OCC[N+](C)(C)C)C(/C=C\CCCCCCCCCCCC)OC(=O)CCCCCCCCCCC/C=C\C/C=C\CCCCC. The van der Waals surface area contributed by atoms with Gasteiger partial charge in [-0.25, -0.2) is 0 Å². The van der Waals surface area contributed by atoms with Crippen LogP contribution in [0.3, 0.4) is 0 Å². The van der Waals surface area contributed by atoms with Crippen molar-refractivity contribution in [3.8, 4) is 0 Å². The number of esters is 1. The highest BCUT2D eigenvalue weighted by Gasteiger charge is 2.27. The molecule has 0 aliphatic heterocycles. The van der Waals surface area contributed by atoms with E-state index in [0.29, 0.717) is 17.4 Å². The van der Waals surface area contributed by atoms with Gasteiger partial charge in [0.2, 0.25) is 5.91 Å². The lowest BCUT2D eigenvalue weighted by molar-refractivity contribution is -0.870. The quantitative estimate of drug-likeness (QED) is 0.0212. The van der Waals surface area contributed by atoms with Crippen LogP contribution in [-0.4, -0.2) is 69.4 Å². The van der Waals surface area contributed by atoms with Crippen LogP contribution in [0.2, 0.25) is 0 Å². The Labute approximate surface area is 506 Å². The van der Waals surface area contributed by atoms with Crippen molar-refractivity contribution in [2.75, 3.05) is 40.9 Å². The number of nitrogens with one attached hydrogen (secondary N) is 1. The molecule has 0 aromatic carbocycles. The van der Waals surface area contributed by atoms with Gasteiger partial charge in [0.1, 0.15) is 19.3 Å². The Bertz CT molecular complexity index is 1770. The van der Waals surface area contributed by atoms with Crippen LogP contribution in [0.5, 0.6) is 0 Å². The maximum absolute atomic E-state index is 13.6. The van der Waals surface area contributed by atoms with Crippen molar-refractivity contribution < 1.29 is 37.3 Å². The maximum Gasteiger partial charge on any atom is 0.306 e. The lowest BCUT2D eigenvalue weighted by Crippen LogP contribution is -2.47. The molecule has 472 valence electrons. The van der Waals surface area contributed by atoms with Gasteiger partial charge in [-0.2, -0.15) is 0 Å². The number of quaternary nitrogens is 1. The smallest absolute Gasteiger partial charge is 0.306 e. The number of ether oxygens (including phenoxy) is 1. The van der Waals surface area contributed by atoms with Gasteiger partial charge in [-0.05, 0) is 115 Å². The normalized spacial score (nSPS) is 14.3. The van der Waals surface area contributed by atoms with Gasteiger partial charge in [0.05, 0.1) is 33.8 Å². The zero-order valence-electron chi connectivity index (χ0n) is 53.9. The van der Waals surface area contributed by atoms with Gasteiger partial charge >= 0.3 is 5.97 Å². The number of carbonyl (C=O) groups excluding carboxylic acids is 2. The molecule has 0 fully saturated rings. The van der Waals surface area contributed by atoms with E-state index in [9.17, 15) is 19.0 Å². The number of unbranched alkanes of at least 4 members (excludes halogenated alkanes) is 28. The lowest BCUT2D eigenvalue weighted by Gasteiger charge is -2.30. The second kappa shape index (κ2) is 60.8. The van der Waals surface area contributed by atoms with Crippen LogP contribution in [0.15, 0.2) is 109 Å². The second-order valence-electron chi connectivity index (χ2n) is 23.6. The van der Waals surface area contributed by atoms with Crippen molar-refractivity contribution in [3.05, 3.63) is 109 Å². The first-order valence-electron chi connectivity index (χ1n) is 33.7. The highest BCUT2D eigenvalue weighted by Crippen LogP contribution is 2.38. The van der Waals surface area contributed by atoms with Crippen molar-refractivity contribution in [1.29, 1.82) is 0 Å². The molecule has 0 radical (unpaired) electrons. The predicted molar refractivity (Wildman–Crippen MR) is 353 cm³/mol. The number of nitrogens with zero attached hydrogens (tertiary/aromatic N) is 1. The zero-order valence-corrected chi connectivity index (χ0v) is 54.8. The van der Waals surface area contributed by atoms with E-state index in [4.69, 9.17) is 13.8 Å². The molecule has 0 aliphatic carbocycles. The third kappa shape index (κ3) is 61.2. The van der Waals surface area contributed by atoms with Gasteiger partial charge in [-0.1, -0.05) is 265 Å². The molecule has 0 aromatic heterocycles. The molecule has 0 bridgehead atoms. The molecule has 0 aromatic rings. The van der Waals surface area contributed by atoms with Crippen molar-refractivity contribution in [2.24, 2.45) is 0 Å². The summed E-state index contributed by atoms with van der Waals surface area (Å²) in [5.41, 5.74) is 0. The summed E-state index contributed by atoms with van der Waals surface area (Å²) in [5, 5.41) is 3.03. The highest BCUT2D eigenvalue weighted by molar-refractivity contribution is 7.45. The van der Waals surface area contributed by atoms with E-state index in [-0.39, 0.29) is 24.9 Å². The Morgan fingerprint density at radius 2 is 0.780 bits per heavy atom. The summed E-state index contributed by atoms with van der Waals surface area (Å²) in [7, 11) is 1.16. The fourth-order valence-corrected chi connectivity index (χ4v) is 9.98. The summed E-state index contributed by atoms with van der Waals surface area (Å²) < 4.78 is 30.4. The van der Waals surface area contributed by atoms with Gasteiger partial charge in [0, 0.05) is 12.8 Å².